The largest absolute Gasteiger partial charge is 0.135 e. The summed E-state index contributed by atoms with van der Waals surface area (Å²) >= 11 is 1.88. The van der Waals surface area contributed by atoms with Crippen molar-refractivity contribution in [3.63, 3.8) is 0 Å². The van der Waals surface area contributed by atoms with Crippen LogP contribution in [0.15, 0.2) is 60.7 Å². The second kappa shape index (κ2) is 4.60. The van der Waals surface area contributed by atoms with E-state index in [2.05, 4.69) is 67.6 Å². The van der Waals surface area contributed by atoms with Crippen LogP contribution in [0, 0.1) is 5.92 Å². The van der Waals surface area contributed by atoms with Gasteiger partial charge in [-0.2, -0.15) is 0 Å². The third kappa shape index (κ3) is 1.90. The van der Waals surface area contributed by atoms with Crippen molar-refractivity contribution >= 4 is 37.1 Å². The summed E-state index contributed by atoms with van der Waals surface area (Å²) in [7, 11) is 0. The Labute approximate surface area is 123 Å². The highest BCUT2D eigenvalue weighted by Crippen LogP contribution is 2.36. The minimum atomic E-state index is 0.671. The van der Waals surface area contributed by atoms with Crippen molar-refractivity contribution in [1.29, 1.82) is 0 Å². The lowest BCUT2D eigenvalue weighted by Crippen LogP contribution is -1.93. The summed E-state index contributed by atoms with van der Waals surface area (Å²) in [5.41, 5.74) is 2.70. The number of rotatable bonds is 1. The highest BCUT2D eigenvalue weighted by Gasteiger charge is 2.09. The van der Waals surface area contributed by atoms with Crippen molar-refractivity contribution in [3.8, 4) is 0 Å². The van der Waals surface area contributed by atoms with Gasteiger partial charge in [-0.3, -0.25) is 0 Å². The van der Waals surface area contributed by atoms with E-state index in [0.717, 1.165) is 6.42 Å². The Morgan fingerprint density at radius 1 is 1.00 bits per heavy atom. The zero-order valence-electron chi connectivity index (χ0n) is 11.5. The van der Waals surface area contributed by atoms with Crippen LogP contribution in [0.2, 0.25) is 0 Å². The summed E-state index contributed by atoms with van der Waals surface area (Å²) in [5, 5.41) is 2.76. The van der Waals surface area contributed by atoms with Gasteiger partial charge in [0.25, 0.3) is 0 Å². The Morgan fingerprint density at radius 2 is 1.85 bits per heavy atom. The van der Waals surface area contributed by atoms with Crippen molar-refractivity contribution in [2.45, 2.75) is 13.3 Å². The molecule has 2 aromatic carbocycles. The summed E-state index contributed by atoms with van der Waals surface area (Å²) in [6.45, 7) is 2.26. The maximum Gasteiger partial charge on any atom is 0.0355 e. The molecule has 0 amide bonds. The highest BCUT2D eigenvalue weighted by molar-refractivity contribution is 7.25. The molecular formula is C19H16S. The molecule has 4 rings (SSSR count). The first kappa shape index (κ1) is 11.9. The molecule has 20 heavy (non-hydrogen) atoms. The van der Waals surface area contributed by atoms with Crippen LogP contribution in [-0.2, 0) is 0 Å². The van der Waals surface area contributed by atoms with Gasteiger partial charge in [-0.05, 0) is 41.7 Å². The summed E-state index contributed by atoms with van der Waals surface area (Å²) in [6.07, 6.45) is 8.09. The quantitative estimate of drug-likeness (QED) is 0.508. The van der Waals surface area contributed by atoms with Crippen LogP contribution < -0.4 is 0 Å². The smallest absolute Gasteiger partial charge is 0.0355 e. The van der Waals surface area contributed by atoms with Crippen LogP contribution in [0.4, 0.5) is 0 Å². The second-order valence-electron chi connectivity index (χ2n) is 5.54. The van der Waals surface area contributed by atoms with Gasteiger partial charge in [-0.25, -0.2) is 0 Å². The maximum atomic E-state index is 2.36. The molecule has 0 aliphatic heterocycles. The lowest BCUT2D eigenvalue weighted by molar-refractivity contribution is 0.739. The van der Waals surface area contributed by atoms with Gasteiger partial charge in [0.15, 0.2) is 0 Å². The monoisotopic (exact) mass is 276 g/mol. The third-order valence-electron chi connectivity index (χ3n) is 4.02. The minimum Gasteiger partial charge on any atom is -0.135 e. The molecule has 1 heteroatoms. The molecule has 3 aromatic rings. The number of allylic oxidation sites excluding steroid dienone is 4. The SMILES string of the molecule is C[C@H]1C=CC(c2ccc3sc4ccccc4c3c2)=CC1. The standard InChI is InChI=1S/C19H16S/c1-13-6-8-14(9-7-13)15-10-11-19-17(12-15)16-4-2-3-5-18(16)20-19/h2-6,8-13H,7H2,1H3/t13-/m0/s1. The molecular weight excluding hydrogens is 260 g/mol. The molecule has 0 N–H and O–H groups in total. The molecule has 0 spiro atoms. The van der Waals surface area contributed by atoms with E-state index in [0.29, 0.717) is 5.92 Å². The van der Waals surface area contributed by atoms with Gasteiger partial charge < -0.3 is 0 Å². The van der Waals surface area contributed by atoms with Crippen molar-refractivity contribution in [2.75, 3.05) is 0 Å². The van der Waals surface area contributed by atoms with E-state index in [4.69, 9.17) is 0 Å². The minimum absolute atomic E-state index is 0.671. The molecule has 0 fully saturated rings. The first-order valence-corrected chi connectivity index (χ1v) is 7.93. The van der Waals surface area contributed by atoms with Crippen LogP contribution >= 0.6 is 11.3 Å². The van der Waals surface area contributed by atoms with E-state index < -0.39 is 0 Å². The third-order valence-corrected chi connectivity index (χ3v) is 5.18. The Hall–Kier alpha value is -1.86. The van der Waals surface area contributed by atoms with Crippen LogP contribution in [0.5, 0.6) is 0 Å². The summed E-state index contributed by atoms with van der Waals surface area (Å²) in [4.78, 5) is 0. The Balaban J connectivity index is 1.90. The van der Waals surface area contributed by atoms with E-state index in [1.54, 1.807) is 0 Å². The highest BCUT2D eigenvalue weighted by atomic mass is 32.1. The average molecular weight is 276 g/mol. The zero-order valence-corrected chi connectivity index (χ0v) is 12.3. The van der Waals surface area contributed by atoms with E-state index in [1.807, 2.05) is 11.3 Å². The van der Waals surface area contributed by atoms with Crippen molar-refractivity contribution < 1.29 is 0 Å². The normalized spacial score (nSPS) is 18.6. The number of thiophene rings is 1. The van der Waals surface area contributed by atoms with Gasteiger partial charge in [0.2, 0.25) is 0 Å². The fraction of sp³-hybridized carbons (Fsp3) is 0.158. The predicted octanol–water partition coefficient (Wildman–Crippen LogP) is 6.03. The molecule has 0 radical (unpaired) electrons. The molecule has 1 aliphatic carbocycles. The number of hydrogen-bond donors (Lipinski definition) is 0. The maximum absolute atomic E-state index is 2.36. The second-order valence-corrected chi connectivity index (χ2v) is 6.62. The lowest BCUT2D eigenvalue weighted by Gasteiger charge is -2.12. The fourth-order valence-corrected chi connectivity index (χ4v) is 3.93. The van der Waals surface area contributed by atoms with Crippen molar-refractivity contribution in [1.82, 2.24) is 0 Å². The van der Waals surface area contributed by atoms with Gasteiger partial charge in [0, 0.05) is 20.2 Å². The molecule has 0 nitrogen and oxygen atoms in total. The molecule has 1 aromatic heterocycles. The summed E-state index contributed by atoms with van der Waals surface area (Å²) < 4.78 is 2.75. The van der Waals surface area contributed by atoms with Gasteiger partial charge in [-0.15, -0.1) is 11.3 Å². The zero-order chi connectivity index (χ0) is 13.5. The summed E-state index contributed by atoms with van der Waals surface area (Å²) in [5.74, 6) is 0.671. The van der Waals surface area contributed by atoms with Gasteiger partial charge in [-0.1, -0.05) is 49.4 Å². The number of fused-ring (bicyclic) bond motifs is 3. The van der Waals surface area contributed by atoms with Crippen LogP contribution in [0.1, 0.15) is 18.9 Å². The Morgan fingerprint density at radius 3 is 2.70 bits per heavy atom. The van der Waals surface area contributed by atoms with Crippen LogP contribution in [-0.4, -0.2) is 0 Å². The van der Waals surface area contributed by atoms with E-state index in [9.17, 15) is 0 Å². The average Bonchev–Trinajstić information content (AvgIpc) is 2.86. The molecule has 1 heterocycles. The Kier molecular flexibility index (Phi) is 2.75. The molecule has 1 aliphatic rings. The molecule has 0 saturated heterocycles. The van der Waals surface area contributed by atoms with E-state index in [1.165, 1.54) is 31.3 Å². The first-order valence-electron chi connectivity index (χ1n) is 7.11. The first-order chi connectivity index (χ1) is 9.81. The molecule has 0 unspecified atom stereocenters. The van der Waals surface area contributed by atoms with Gasteiger partial charge in [0.1, 0.15) is 0 Å². The Bertz CT molecular complexity index is 848. The van der Waals surface area contributed by atoms with E-state index in [-0.39, 0.29) is 0 Å². The molecule has 98 valence electrons. The molecule has 0 saturated carbocycles. The van der Waals surface area contributed by atoms with Crippen LogP contribution in [0.3, 0.4) is 0 Å². The lowest BCUT2D eigenvalue weighted by atomic mass is 9.93. The topological polar surface area (TPSA) is 0 Å². The molecule has 1 atom stereocenters. The van der Waals surface area contributed by atoms with Gasteiger partial charge in [0.05, 0.1) is 0 Å². The summed E-state index contributed by atoms with van der Waals surface area (Å²) in [6, 6.07) is 15.5. The molecule has 0 bridgehead atoms. The fourth-order valence-electron chi connectivity index (χ4n) is 2.85. The number of hydrogen-bond acceptors (Lipinski definition) is 1. The van der Waals surface area contributed by atoms with Crippen molar-refractivity contribution in [3.05, 3.63) is 66.3 Å². The van der Waals surface area contributed by atoms with Gasteiger partial charge >= 0.3 is 0 Å². The number of benzene rings is 2. The van der Waals surface area contributed by atoms with Crippen LogP contribution in [0.25, 0.3) is 25.7 Å². The predicted molar refractivity (Wildman–Crippen MR) is 90.2 cm³/mol. The van der Waals surface area contributed by atoms with E-state index >= 15 is 0 Å². The van der Waals surface area contributed by atoms with Crippen molar-refractivity contribution in [2.24, 2.45) is 5.92 Å².